The molecule has 100 valence electrons. The zero-order chi connectivity index (χ0) is 13.9. The van der Waals surface area contributed by atoms with Gasteiger partial charge in [-0.2, -0.15) is 0 Å². The maximum absolute atomic E-state index is 2.39. The molecule has 20 heavy (non-hydrogen) atoms. The molecule has 0 aliphatic rings. The molecule has 0 bridgehead atoms. The van der Waals surface area contributed by atoms with E-state index in [4.69, 9.17) is 0 Å². The molecule has 3 rings (SSSR count). The Morgan fingerprint density at radius 1 is 0.950 bits per heavy atom. The average molecular weight is 261 g/mol. The van der Waals surface area contributed by atoms with Crippen LogP contribution in [-0.4, -0.2) is 4.57 Å². The summed E-state index contributed by atoms with van der Waals surface area (Å²) in [7, 11) is 0. The Morgan fingerprint density at radius 2 is 1.65 bits per heavy atom. The van der Waals surface area contributed by atoms with Crippen LogP contribution in [0.5, 0.6) is 0 Å². The van der Waals surface area contributed by atoms with E-state index in [1.54, 1.807) is 0 Å². The highest BCUT2D eigenvalue weighted by Crippen LogP contribution is 2.28. The van der Waals surface area contributed by atoms with Crippen LogP contribution in [-0.2, 0) is 6.54 Å². The van der Waals surface area contributed by atoms with E-state index in [2.05, 4.69) is 85.2 Å². The van der Waals surface area contributed by atoms with Crippen LogP contribution in [0.1, 0.15) is 13.8 Å². The molecule has 0 N–H and O–H groups in total. The lowest BCUT2D eigenvalue weighted by Gasteiger charge is -2.09. The van der Waals surface area contributed by atoms with Gasteiger partial charge in [0, 0.05) is 23.1 Å². The molecule has 0 aliphatic heterocycles. The number of para-hydroxylation sites is 1. The van der Waals surface area contributed by atoms with Crippen molar-refractivity contribution in [2.45, 2.75) is 20.4 Å². The Hall–Kier alpha value is -2.28. The van der Waals surface area contributed by atoms with Crippen LogP contribution in [0.25, 0.3) is 22.2 Å². The van der Waals surface area contributed by atoms with Crippen molar-refractivity contribution in [2.24, 2.45) is 0 Å². The van der Waals surface area contributed by atoms with Gasteiger partial charge in [-0.25, -0.2) is 0 Å². The van der Waals surface area contributed by atoms with E-state index in [0.717, 1.165) is 6.54 Å². The first-order valence-corrected chi connectivity index (χ1v) is 7.03. The lowest BCUT2D eigenvalue weighted by Crippen LogP contribution is -1.98. The number of aromatic nitrogens is 1. The normalized spacial score (nSPS) is 10.7. The van der Waals surface area contributed by atoms with Crippen molar-refractivity contribution in [3.63, 3.8) is 0 Å². The molecule has 1 heterocycles. The zero-order valence-corrected chi connectivity index (χ0v) is 12.0. The Labute approximate surface area is 120 Å². The summed E-state index contributed by atoms with van der Waals surface area (Å²) < 4.78 is 2.39. The van der Waals surface area contributed by atoms with Crippen LogP contribution < -0.4 is 0 Å². The lowest BCUT2D eigenvalue weighted by molar-refractivity contribution is 0.864. The van der Waals surface area contributed by atoms with Crippen molar-refractivity contribution >= 4 is 10.9 Å². The summed E-state index contributed by atoms with van der Waals surface area (Å²) in [6.45, 7) is 5.21. The molecule has 0 spiro atoms. The van der Waals surface area contributed by atoms with Crippen LogP contribution >= 0.6 is 0 Å². The quantitative estimate of drug-likeness (QED) is 0.566. The third-order valence-corrected chi connectivity index (χ3v) is 3.56. The van der Waals surface area contributed by atoms with Gasteiger partial charge >= 0.3 is 0 Å². The number of hydrogen-bond donors (Lipinski definition) is 0. The zero-order valence-electron chi connectivity index (χ0n) is 12.0. The predicted molar refractivity (Wildman–Crippen MR) is 86.8 cm³/mol. The molecule has 1 aromatic heterocycles. The van der Waals surface area contributed by atoms with Crippen LogP contribution in [0.15, 0.2) is 72.3 Å². The highest BCUT2D eigenvalue weighted by molar-refractivity contribution is 5.87. The minimum absolute atomic E-state index is 0.917. The highest BCUT2D eigenvalue weighted by atomic mass is 15.0. The van der Waals surface area contributed by atoms with Gasteiger partial charge in [0.2, 0.25) is 0 Å². The standard InChI is InChI=1S/C19H19N/c1-15(2)12-13-20-18-11-7-6-10-17(18)14-19(20)16-8-4-3-5-9-16/h3-12,14H,13H2,1-2H3. The van der Waals surface area contributed by atoms with Crippen molar-refractivity contribution < 1.29 is 0 Å². The molecule has 0 saturated heterocycles. The molecule has 3 aromatic rings. The van der Waals surface area contributed by atoms with E-state index in [1.165, 1.54) is 27.7 Å². The fraction of sp³-hybridized carbons (Fsp3) is 0.158. The topological polar surface area (TPSA) is 4.93 Å². The maximum atomic E-state index is 2.39. The third kappa shape index (κ3) is 2.39. The molecule has 0 unspecified atom stereocenters. The second-order valence-corrected chi connectivity index (χ2v) is 5.35. The van der Waals surface area contributed by atoms with E-state index in [9.17, 15) is 0 Å². The largest absolute Gasteiger partial charge is 0.337 e. The molecule has 1 nitrogen and oxygen atoms in total. The molecular formula is C19H19N. The van der Waals surface area contributed by atoms with Gasteiger partial charge in [0.15, 0.2) is 0 Å². The van der Waals surface area contributed by atoms with Gasteiger partial charge in [0.1, 0.15) is 0 Å². The molecule has 0 fully saturated rings. The fourth-order valence-corrected chi connectivity index (χ4v) is 2.53. The molecule has 1 heteroatoms. The van der Waals surface area contributed by atoms with Gasteiger partial charge in [0.25, 0.3) is 0 Å². The summed E-state index contributed by atoms with van der Waals surface area (Å²) in [4.78, 5) is 0. The Morgan fingerprint density at radius 3 is 2.40 bits per heavy atom. The second kappa shape index (κ2) is 5.38. The summed E-state index contributed by atoms with van der Waals surface area (Å²) in [6, 6.07) is 21.5. The van der Waals surface area contributed by atoms with Crippen LogP contribution in [0, 0.1) is 0 Å². The van der Waals surface area contributed by atoms with Gasteiger partial charge in [-0.3, -0.25) is 0 Å². The molecule has 0 amide bonds. The summed E-state index contributed by atoms with van der Waals surface area (Å²) in [5, 5.41) is 1.30. The monoisotopic (exact) mass is 261 g/mol. The molecule has 0 radical (unpaired) electrons. The van der Waals surface area contributed by atoms with Gasteiger partial charge < -0.3 is 4.57 Å². The van der Waals surface area contributed by atoms with Crippen molar-refractivity contribution in [2.75, 3.05) is 0 Å². The van der Waals surface area contributed by atoms with E-state index in [0.29, 0.717) is 0 Å². The summed E-state index contributed by atoms with van der Waals surface area (Å²) in [6.07, 6.45) is 2.28. The fourth-order valence-electron chi connectivity index (χ4n) is 2.53. The number of fused-ring (bicyclic) bond motifs is 1. The minimum Gasteiger partial charge on any atom is -0.337 e. The maximum Gasteiger partial charge on any atom is 0.0494 e. The summed E-state index contributed by atoms with van der Waals surface area (Å²) in [5.74, 6) is 0. The van der Waals surface area contributed by atoms with Gasteiger partial charge in [0.05, 0.1) is 0 Å². The molecular weight excluding hydrogens is 242 g/mol. The van der Waals surface area contributed by atoms with Crippen molar-refractivity contribution in [3.8, 4) is 11.3 Å². The number of nitrogens with zero attached hydrogens (tertiary/aromatic N) is 1. The van der Waals surface area contributed by atoms with Crippen LogP contribution in [0.4, 0.5) is 0 Å². The second-order valence-electron chi connectivity index (χ2n) is 5.35. The molecule has 0 aliphatic carbocycles. The van der Waals surface area contributed by atoms with E-state index < -0.39 is 0 Å². The number of hydrogen-bond acceptors (Lipinski definition) is 0. The Balaban J connectivity index is 2.20. The van der Waals surface area contributed by atoms with Crippen molar-refractivity contribution in [1.82, 2.24) is 4.57 Å². The van der Waals surface area contributed by atoms with Crippen molar-refractivity contribution in [1.29, 1.82) is 0 Å². The highest BCUT2D eigenvalue weighted by Gasteiger charge is 2.08. The number of benzene rings is 2. The van der Waals surface area contributed by atoms with Crippen LogP contribution in [0.2, 0.25) is 0 Å². The number of allylic oxidation sites excluding steroid dienone is 2. The Bertz CT molecular complexity index is 744. The SMILES string of the molecule is CC(C)=CCn1c(-c2ccccc2)cc2ccccc21. The summed E-state index contributed by atoms with van der Waals surface area (Å²) >= 11 is 0. The Kier molecular flexibility index (Phi) is 3.42. The first-order valence-electron chi connectivity index (χ1n) is 7.03. The van der Waals surface area contributed by atoms with Crippen molar-refractivity contribution in [3.05, 3.63) is 72.3 Å². The average Bonchev–Trinajstić information content (AvgIpc) is 2.84. The van der Waals surface area contributed by atoms with Crippen LogP contribution in [0.3, 0.4) is 0 Å². The smallest absolute Gasteiger partial charge is 0.0494 e. The van der Waals surface area contributed by atoms with Gasteiger partial charge in [-0.1, -0.05) is 60.2 Å². The van der Waals surface area contributed by atoms with Gasteiger partial charge in [-0.05, 0) is 31.5 Å². The molecule has 2 aromatic carbocycles. The lowest BCUT2D eigenvalue weighted by atomic mass is 10.1. The molecule has 0 saturated carbocycles. The summed E-state index contributed by atoms with van der Waals surface area (Å²) in [5.41, 5.74) is 5.20. The minimum atomic E-state index is 0.917. The van der Waals surface area contributed by atoms with E-state index >= 15 is 0 Å². The molecule has 0 atom stereocenters. The first-order chi connectivity index (χ1) is 9.75. The first kappa shape index (κ1) is 12.7. The van der Waals surface area contributed by atoms with E-state index in [-0.39, 0.29) is 0 Å². The predicted octanol–water partition coefficient (Wildman–Crippen LogP) is 5.27. The van der Waals surface area contributed by atoms with E-state index in [1.807, 2.05) is 0 Å². The van der Waals surface area contributed by atoms with Gasteiger partial charge in [-0.15, -0.1) is 0 Å². The number of rotatable bonds is 3. The third-order valence-electron chi connectivity index (χ3n) is 3.56.